The number of hydrogen-bond acceptors (Lipinski definition) is 9. The third-order valence-corrected chi connectivity index (χ3v) is 4.96. The van der Waals surface area contributed by atoms with Crippen LogP contribution in [0.4, 0.5) is 5.95 Å². The molecule has 1 aliphatic rings. The number of aliphatic hydroxyl groups excluding tert-OH is 2. The Morgan fingerprint density at radius 2 is 2.20 bits per heavy atom. The molecule has 0 saturated carbocycles. The van der Waals surface area contributed by atoms with E-state index in [-0.39, 0.29) is 23.7 Å². The maximum atomic E-state index is 12.0. The number of aliphatic hydroxyl groups is 2. The molecular weight excluding hydrogens is 424 g/mol. The number of nitrogens with zero attached hydrogens (tertiary/aromatic N) is 3. The number of aryl methyl sites for hydroxylation is 1. The second kappa shape index (κ2) is 6.54. The van der Waals surface area contributed by atoms with E-state index in [9.17, 15) is 24.8 Å². The number of aromatic nitrogens is 4. The molecule has 1 saturated heterocycles. The van der Waals surface area contributed by atoms with Gasteiger partial charge in [0.25, 0.3) is 0 Å². The van der Waals surface area contributed by atoms with Crippen LogP contribution in [-0.4, -0.2) is 74.6 Å². The Balaban J connectivity index is 1.96. The molecule has 0 radical (unpaired) electrons. The van der Waals surface area contributed by atoms with Crippen molar-refractivity contribution >= 4 is 38.4 Å². The van der Waals surface area contributed by atoms with Crippen LogP contribution < -0.4 is 15.9 Å². The van der Waals surface area contributed by atoms with Gasteiger partial charge in [-0.25, -0.2) is 0 Å². The molecule has 25 heavy (non-hydrogen) atoms. The normalized spacial score (nSPS) is 27.2. The number of nitrogens with two attached hydrogens (primary N) is 1. The molecule has 2 aromatic heterocycles. The standard InChI is InChI=1S/C11H16N5O7PSe/c1-15-3-16(8-5(15)9(19)14-11(12)13-8)10-7(18)6(17)4(23-10)2-22-24(20,21)25/h3-4,6-7,10,17-18H,2H2,1H3,(H4-,12,13,14,19,20,21,25)/p+1/t4-,6-,7-,10-/m1/s1. The van der Waals surface area contributed by atoms with E-state index in [1.165, 1.54) is 15.5 Å². The van der Waals surface area contributed by atoms with Crippen LogP contribution in [0.1, 0.15) is 6.23 Å². The van der Waals surface area contributed by atoms with Crippen LogP contribution in [-0.2, 0) is 16.3 Å². The molecule has 3 heterocycles. The average Bonchev–Trinajstić information content (AvgIpc) is 2.95. The first-order chi connectivity index (χ1) is 11.6. The van der Waals surface area contributed by atoms with Crippen LogP contribution >= 0.6 is 6.19 Å². The zero-order valence-corrected chi connectivity index (χ0v) is 15.5. The summed E-state index contributed by atoms with van der Waals surface area (Å²) in [4.78, 5) is 36.9. The molecule has 2 aromatic rings. The summed E-state index contributed by atoms with van der Waals surface area (Å²) in [6.07, 6.45) is -6.97. The Labute approximate surface area is 147 Å². The van der Waals surface area contributed by atoms with Gasteiger partial charge in [0.15, 0.2) is 0 Å². The third kappa shape index (κ3) is 3.56. The van der Waals surface area contributed by atoms with Crippen molar-refractivity contribution < 1.29 is 33.8 Å². The summed E-state index contributed by atoms with van der Waals surface area (Å²) in [6, 6.07) is 0. The Bertz CT molecular complexity index is 910. The number of nitrogens with one attached hydrogen (secondary N) is 1. The van der Waals surface area contributed by atoms with Crippen molar-refractivity contribution in [3.63, 3.8) is 0 Å². The van der Waals surface area contributed by atoms with Crippen molar-refractivity contribution in [3.05, 3.63) is 16.7 Å². The molecule has 0 unspecified atom stereocenters. The van der Waals surface area contributed by atoms with Gasteiger partial charge in [-0.1, -0.05) is 0 Å². The fourth-order valence-electron chi connectivity index (χ4n) is 2.72. The molecule has 0 aliphatic carbocycles. The Kier molecular flexibility index (Phi) is 4.88. The summed E-state index contributed by atoms with van der Waals surface area (Å²) in [5, 5.41) is 20.4. The SMILES string of the molecule is Cn1c[n+]([C@@H]2O[C@H](COP(O)(O)=[Se])[C@@H](O)[C@H]2O)c2nc(N)[nH]c(=O)c21. The number of ether oxygens (including phenoxy) is 1. The first-order valence-corrected chi connectivity index (χ1v) is 10.9. The van der Waals surface area contributed by atoms with Gasteiger partial charge in [-0.3, -0.25) is 0 Å². The molecule has 14 heteroatoms. The number of nitrogen functional groups attached to an aromatic ring is 1. The summed E-state index contributed by atoms with van der Waals surface area (Å²) in [5.41, 5.74) is 5.47. The van der Waals surface area contributed by atoms with Gasteiger partial charge < -0.3 is 0 Å². The monoisotopic (exact) mass is 442 g/mol. The molecule has 0 bridgehead atoms. The molecule has 138 valence electrons. The van der Waals surface area contributed by atoms with Crippen molar-refractivity contribution in [2.75, 3.05) is 12.3 Å². The molecule has 4 atom stereocenters. The number of rotatable bonds is 4. The van der Waals surface area contributed by atoms with E-state index < -0.39 is 36.3 Å². The van der Waals surface area contributed by atoms with Gasteiger partial charge in [0.1, 0.15) is 0 Å². The first-order valence-electron chi connectivity index (χ1n) is 7.06. The molecule has 3 rings (SSSR count). The van der Waals surface area contributed by atoms with Gasteiger partial charge in [0, 0.05) is 0 Å². The number of anilines is 1. The Morgan fingerprint density at radius 3 is 2.84 bits per heavy atom. The van der Waals surface area contributed by atoms with Crippen LogP contribution in [0, 0.1) is 0 Å². The molecular formula is C11H17N5O7PSe+. The second-order valence-corrected chi connectivity index (χ2v) is 9.82. The van der Waals surface area contributed by atoms with Crippen molar-refractivity contribution in [3.8, 4) is 0 Å². The topological polar surface area (TPSA) is 180 Å². The minimum absolute atomic E-state index is 0.109. The number of H-pyrrole nitrogens is 1. The quantitative estimate of drug-likeness (QED) is 0.160. The fourth-order valence-corrected chi connectivity index (χ4v) is 3.45. The first kappa shape index (κ1) is 18.6. The van der Waals surface area contributed by atoms with Crippen LogP contribution in [0.5, 0.6) is 0 Å². The summed E-state index contributed by atoms with van der Waals surface area (Å²) in [7, 11) is 1.60. The maximum absolute atomic E-state index is 12.0. The molecule has 12 nitrogen and oxygen atoms in total. The van der Waals surface area contributed by atoms with Crippen molar-refractivity contribution in [2.45, 2.75) is 24.5 Å². The van der Waals surface area contributed by atoms with Crippen LogP contribution in [0.2, 0.25) is 0 Å². The molecule has 0 amide bonds. The molecule has 0 spiro atoms. The predicted molar refractivity (Wildman–Crippen MR) is 84.9 cm³/mol. The van der Waals surface area contributed by atoms with E-state index in [1.807, 2.05) is 0 Å². The predicted octanol–water partition coefficient (Wildman–Crippen LogP) is -3.40. The molecule has 0 aromatic carbocycles. The van der Waals surface area contributed by atoms with Gasteiger partial charge >= 0.3 is 147 Å². The minimum atomic E-state index is -3.64. The van der Waals surface area contributed by atoms with Gasteiger partial charge in [-0.05, 0) is 0 Å². The molecule has 1 fully saturated rings. The van der Waals surface area contributed by atoms with E-state index in [2.05, 4.69) is 25.1 Å². The summed E-state index contributed by atoms with van der Waals surface area (Å²) in [5.74, 6) is -0.109. The van der Waals surface area contributed by atoms with Crippen LogP contribution in [0.3, 0.4) is 0 Å². The molecule has 1 aliphatic heterocycles. The van der Waals surface area contributed by atoms with E-state index in [4.69, 9.17) is 15.0 Å². The van der Waals surface area contributed by atoms with Crippen LogP contribution in [0.25, 0.3) is 11.2 Å². The van der Waals surface area contributed by atoms with Gasteiger partial charge in [-0.2, -0.15) is 0 Å². The summed E-state index contributed by atoms with van der Waals surface area (Å²) < 4.78 is 13.2. The van der Waals surface area contributed by atoms with Crippen molar-refractivity contribution in [1.29, 1.82) is 0 Å². The third-order valence-electron chi connectivity index (χ3n) is 3.81. The average molecular weight is 441 g/mol. The van der Waals surface area contributed by atoms with E-state index in [0.717, 1.165) is 0 Å². The zero-order valence-electron chi connectivity index (χ0n) is 12.9. The Morgan fingerprint density at radius 1 is 1.52 bits per heavy atom. The van der Waals surface area contributed by atoms with E-state index in [1.54, 1.807) is 7.05 Å². The zero-order chi connectivity index (χ0) is 18.5. The summed E-state index contributed by atoms with van der Waals surface area (Å²) in [6.45, 7) is -0.357. The van der Waals surface area contributed by atoms with Gasteiger partial charge in [0.2, 0.25) is 0 Å². The van der Waals surface area contributed by atoms with Crippen molar-refractivity contribution in [2.24, 2.45) is 7.05 Å². The fraction of sp³-hybridized carbons (Fsp3) is 0.545. The summed E-state index contributed by atoms with van der Waals surface area (Å²) >= 11 is 2.08. The number of imidazole rings is 1. The number of fused-ring (bicyclic) bond motifs is 1. The molecule has 7 N–H and O–H groups in total. The number of hydrogen-bond donors (Lipinski definition) is 6. The van der Waals surface area contributed by atoms with Gasteiger partial charge in [0.05, 0.1) is 0 Å². The van der Waals surface area contributed by atoms with Crippen LogP contribution in [0.15, 0.2) is 11.1 Å². The van der Waals surface area contributed by atoms with Crippen molar-refractivity contribution in [1.82, 2.24) is 14.5 Å². The Hall–Kier alpha value is -1.14. The second-order valence-electron chi connectivity index (χ2n) is 5.59. The number of aromatic amines is 1. The van der Waals surface area contributed by atoms with Gasteiger partial charge in [-0.15, -0.1) is 0 Å². The van der Waals surface area contributed by atoms with E-state index >= 15 is 0 Å². The van der Waals surface area contributed by atoms with E-state index in [0.29, 0.717) is 0 Å².